The fraction of sp³-hybridized carbons (Fsp3) is 0.458. The van der Waals surface area contributed by atoms with Gasteiger partial charge >= 0.3 is 6.09 Å². The normalized spacial score (nSPS) is 17.0. The predicted molar refractivity (Wildman–Crippen MR) is 131 cm³/mol. The van der Waals surface area contributed by atoms with Gasteiger partial charge in [-0.25, -0.2) is 14.8 Å². The minimum atomic E-state index is -0.502. The lowest BCUT2D eigenvalue weighted by atomic mass is 10.1. The highest BCUT2D eigenvalue weighted by molar-refractivity contribution is 6.34. The third-order valence-corrected chi connectivity index (χ3v) is 6.40. The highest BCUT2D eigenvalue weighted by atomic mass is 35.5. The third-order valence-electron chi connectivity index (χ3n) is 5.97. The van der Waals surface area contributed by atoms with Crippen LogP contribution in [0.1, 0.15) is 45.1 Å². The number of halogens is 2. The number of piperazine rings is 1. The smallest absolute Gasteiger partial charge is 0.410 e. The lowest BCUT2D eigenvalue weighted by Gasteiger charge is -2.36. The molecule has 1 aliphatic carbocycles. The van der Waals surface area contributed by atoms with Gasteiger partial charge < -0.3 is 19.1 Å². The molecule has 1 saturated carbocycles. The maximum atomic E-state index is 12.5. The first-order chi connectivity index (χ1) is 15.7. The lowest BCUT2D eigenvalue weighted by Crippen LogP contribution is -2.50. The molecule has 0 unspecified atom stereocenters. The summed E-state index contributed by atoms with van der Waals surface area (Å²) in [6.07, 6.45) is 5.82. The number of carbonyl (C=O) groups excluding carboxylic acids is 1. The summed E-state index contributed by atoms with van der Waals surface area (Å²) in [4.78, 5) is 25.8. The number of hydrogen-bond acceptors (Lipinski definition) is 5. The number of nitrogens with zero attached hydrogens (tertiary/aromatic N) is 5. The van der Waals surface area contributed by atoms with E-state index < -0.39 is 5.60 Å². The second-order valence-electron chi connectivity index (χ2n) is 9.71. The molecule has 7 nitrogen and oxygen atoms in total. The van der Waals surface area contributed by atoms with E-state index in [1.165, 1.54) is 5.56 Å². The van der Waals surface area contributed by atoms with Crippen LogP contribution in [-0.4, -0.2) is 57.3 Å². The zero-order valence-electron chi connectivity index (χ0n) is 19.0. The highest BCUT2D eigenvalue weighted by Gasteiger charge is 2.32. The summed E-state index contributed by atoms with van der Waals surface area (Å²) in [5.74, 6) is 1.42. The molecule has 1 aliphatic heterocycles. The Bertz CT molecular complexity index is 1190. The molecule has 2 fully saturated rings. The van der Waals surface area contributed by atoms with Crippen LogP contribution in [0.4, 0.5) is 10.6 Å². The Morgan fingerprint density at radius 2 is 1.70 bits per heavy atom. The zero-order valence-corrected chi connectivity index (χ0v) is 20.5. The van der Waals surface area contributed by atoms with E-state index in [1.54, 1.807) is 17.3 Å². The van der Waals surface area contributed by atoms with Crippen molar-refractivity contribution >= 4 is 46.1 Å². The number of hydrogen-bond donors (Lipinski definition) is 0. The van der Waals surface area contributed by atoms with E-state index in [2.05, 4.69) is 25.6 Å². The summed E-state index contributed by atoms with van der Waals surface area (Å²) in [5.41, 5.74) is 2.48. The number of rotatable bonds is 3. The molecular weight excluding hydrogens is 461 g/mol. The topological polar surface area (TPSA) is 63.5 Å². The molecule has 0 atom stereocenters. The van der Waals surface area contributed by atoms with Crippen LogP contribution in [0.2, 0.25) is 10.0 Å². The van der Waals surface area contributed by atoms with Gasteiger partial charge in [0.1, 0.15) is 23.4 Å². The fourth-order valence-corrected chi connectivity index (χ4v) is 4.83. The Hall–Kier alpha value is -2.51. The van der Waals surface area contributed by atoms with Gasteiger partial charge in [-0.15, -0.1) is 0 Å². The van der Waals surface area contributed by atoms with Gasteiger partial charge in [0.05, 0.1) is 5.39 Å². The van der Waals surface area contributed by atoms with E-state index in [-0.39, 0.29) is 6.09 Å². The first-order valence-electron chi connectivity index (χ1n) is 11.2. The van der Waals surface area contributed by atoms with Crippen LogP contribution in [0.5, 0.6) is 0 Å². The molecule has 1 saturated heterocycles. The maximum Gasteiger partial charge on any atom is 0.410 e. The van der Waals surface area contributed by atoms with Gasteiger partial charge in [0.15, 0.2) is 0 Å². The first kappa shape index (κ1) is 22.3. The Morgan fingerprint density at radius 1 is 1.03 bits per heavy atom. The average Bonchev–Trinajstić information content (AvgIpc) is 3.51. The number of anilines is 1. The number of benzene rings is 1. The van der Waals surface area contributed by atoms with E-state index in [1.807, 2.05) is 32.9 Å². The van der Waals surface area contributed by atoms with Crippen molar-refractivity contribution in [3.8, 4) is 5.69 Å². The predicted octanol–water partition coefficient (Wildman–Crippen LogP) is 5.66. The molecule has 174 valence electrons. The molecule has 1 amide bonds. The van der Waals surface area contributed by atoms with Crippen molar-refractivity contribution in [2.75, 3.05) is 31.1 Å². The van der Waals surface area contributed by atoms with Gasteiger partial charge in [0.2, 0.25) is 0 Å². The van der Waals surface area contributed by atoms with E-state index in [0.717, 1.165) is 35.4 Å². The van der Waals surface area contributed by atoms with Crippen LogP contribution < -0.4 is 4.90 Å². The van der Waals surface area contributed by atoms with Gasteiger partial charge in [-0.3, -0.25) is 0 Å². The number of carbonyl (C=O) groups is 1. The number of amides is 1. The van der Waals surface area contributed by atoms with Crippen LogP contribution in [-0.2, 0) is 4.74 Å². The van der Waals surface area contributed by atoms with Crippen LogP contribution >= 0.6 is 23.2 Å². The van der Waals surface area contributed by atoms with Crippen LogP contribution in [0.25, 0.3) is 16.7 Å². The second kappa shape index (κ2) is 8.37. The van der Waals surface area contributed by atoms with Gasteiger partial charge in [-0.1, -0.05) is 23.2 Å². The van der Waals surface area contributed by atoms with Gasteiger partial charge in [0.25, 0.3) is 0 Å². The Labute approximate surface area is 203 Å². The van der Waals surface area contributed by atoms with Crippen molar-refractivity contribution in [3.63, 3.8) is 0 Å². The SMILES string of the molecule is CC(C)(C)OC(=O)N1CCN(c2ncnc3c2c(C2CC2)cn3-c2cc(Cl)cc(Cl)c2)CC1. The van der Waals surface area contributed by atoms with Gasteiger partial charge in [-0.05, 0) is 63.3 Å². The maximum absolute atomic E-state index is 12.5. The number of aromatic nitrogens is 3. The molecule has 5 rings (SSSR count). The molecule has 0 N–H and O–H groups in total. The summed E-state index contributed by atoms with van der Waals surface area (Å²) >= 11 is 12.6. The monoisotopic (exact) mass is 487 g/mol. The number of ether oxygens (including phenoxy) is 1. The minimum Gasteiger partial charge on any atom is -0.444 e. The van der Waals surface area contributed by atoms with E-state index >= 15 is 0 Å². The van der Waals surface area contributed by atoms with Crippen molar-refractivity contribution in [2.45, 2.75) is 45.1 Å². The summed E-state index contributed by atoms with van der Waals surface area (Å²) < 4.78 is 7.60. The lowest BCUT2D eigenvalue weighted by molar-refractivity contribution is 0.0240. The molecular formula is C24H27Cl2N5O2. The molecule has 9 heteroatoms. The van der Waals surface area contributed by atoms with E-state index in [9.17, 15) is 4.79 Å². The summed E-state index contributed by atoms with van der Waals surface area (Å²) in [6, 6.07) is 5.51. The number of fused-ring (bicyclic) bond motifs is 1. The molecule has 3 aromatic rings. The quantitative estimate of drug-likeness (QED) is 0.476. The van der Waals surface area contributed by atoms with Crippen LogP contribution in [0.3, 0.4) is 0 Å². The summed E-state index contributed by atoms with van der Waals surface area (Å²) in [7, 11) is 0. The molecule has 0 bridgehead atoms. The molecule has 33 heavy (non-hydrogen) atoms. The molecule has 0 radical (unpaired) electrons. The molecule has 2 aliphatic rings. The van der Waals surface area contributed by atoms with Crippen molar-refractivity contribution in [1.29, 1.82) is 0 Å². The average molecular weight is 488 g/mol. The molecule has 1 aromatic carbocycles. The highest BCUT2D eigenvalue weighted by Crippen LogP contribution is 2.46. The summed E-state index contributed by atoms with van der Waals surface area (Å²) in [6.45, 7) is 8.20. The summed E-state index contributed by atoms with van der Waals surface area (Å²) in [5, 5.41) is 2.24. The van der Waals surface area contributed by atoms with E-state index in [0.29, 0.717) is 42.1 Å². The fourth-order valence-electron chi connectivity index (χ4n) is 4.32. The van der Waals surface area contributed by atoms with Crippen LogP contribution in [0, 0.1) is 0 Å². The van der Waals surface area contributed by atoms with Gasteiger partial charge in [-0.2, -0.15) is 0 Å². The second-order valence-corrected chi connectivity index (χ2v) is 10.6. The third kappa shape index (κ3) is 4.62. The van der Waals surface area contributed by atoms with Crippen molar-refractivity contribution in [3.05, 3.63) is 46.3 Å². The molecule has 2 aromatic heterocycles. The first-order valence-corrected chi connectivity index (χ1v) is 12.0. The Balaban J connectivity index is 1.48. The standard InChI is InChI=1S/C24H27Cl2N5O2/c1-24(2,3)33-23(32)30-8-6-29(7-9-30)21-20-19(15-4-5-15)13-31(22(20)28-14-27-21)18-11-16(25)10-17(26)12-18/h10-15H,4-9H2,1-3H3. The largest absolute Gasteiger partial charge is 0.444 e. The van der Waals surface area contributed by atoms with Crippen LogP contribution in [0.15, 0.2) is 30.7 Å². The van der Waals surface area contributed by atoms with E-state index in [4.69, 9.17) is 27.9 Å². The van der Waals surface area contributed by atoms with Crippen molar-refractivity contribution in [1.82, 2.24) is 19.4 Å². The molecule has 0 spiro atoms. The Morgan fingerprint density at radius 3 is 2.30 bits per heavy atom. The minimum absolute atomic E-state index is 0.266. The van der Waals surface area contributed by atoms with Gasteiger partial charge in [0, 0.05) is 48.1 Å². The molecule has 3 heterocycles. The van der Waals surface area contributed by atoms with Crippen molar-refractivity contribution in [2.24, 2.45) is 0 Å². The van der Waals surface area contributed by atoms with Crippen molar-refractivity contribution < 1.29 is 9.53 Å². The Kier molecular flexibility index (Phi) is 5.65. The zero-order chi connectivity index (χ0) is 23.3.